The second-order valence-electron chi connectivity index (χ2n) is 7.36. The first kappa shape index (κ1) is 21.4. The zero-order chi connectivity index (χ0) is 21.7. The lowest BCUT2D eigenvalue weighted by molar-refractivity contribution is -0.145. The van der Waals surface area contributed by atoms with Gasteiger partial charge in [-0.2, -0.15) is 0 Å². The standard InChI is InChI=1S/C24H26O6/c1-15(2)18-13-19-17(12-24(26)30-22(19)11-16(18)3)14-29-23(25)9-10-28-21-8-6-5-7-20(21)27-4/h5-8,11-13,15H,9-10,14H2,1-4H3. The van der Waals surface area contributed by atoms with Gasteiger partial charge in [0.1, 0.15) is 12.2 Å². The predicted molar refractivity (Wildman–Crippen MR) is 114 cm³/mol. The molecular weight excluding hydrogens is 384 g/mol. The van der Waals surface area contributed by atoms with Crippen LogP contribution in [0.1, 0.15) is 42.9 Å². The lowest BCUT2D eigenvalue weighted by Gasteiger charge is -2.13. The smallest absolute Gasteiger partial charge is 0.336 e. The number of para-hydroxylation sites is 2. The minimum Gasteiger partial charge on any atom is -0.493 e. The minimum atomic E-state index is -0.468. The van der Waals surface area contributed by atoms with Crippen LogP contribution in [0.5, 0.6) is 11.5 Å². The predicted octanol–water partition coefficient (Wildman–Crippen LogP) is 4.75. The van der Waals surface area contributed by atoms with E-state index in [1.807, 2.05) is 31.2 Å². The van der Waals surface area contributed by atoms with Crippen molar-refractivity contribution < 1.29 is 23.4 Å². The molecular formula is C24H26O6. The molecule has 6 nitrogen and oxygen atoms in total. The van der Waals surface area contributed by atoms with Crippen LogP contribution in [0.15, 0.2) is 51.7 Å². The first-order valence-electron chi connectivity index (χ1n) is 9.87. The Labute approximate surface area is 175 Å². The molecule has 3 aromatic rings. The third-order valence-electron chi connectivity index (χ3n) is 4.86. The highest BCUT2D eigenvalue weighted by molar-refractivity contribution is 5.82. The van der Waals surface area contributed by atoms with Gasteiger partial charge < -0.3 is 18.6 Å². The van der Waals surface area contributed by atoms with Crippen LogP contribution >= 0.6 is 0 Å². The highest BCUT2D eigenvalue weighted by Crippen LogP contribution is 2.28. The van der Waals surface area contributed by atoms with Crippen molar-refractivity contribution in [1.82, 2.24) is 0 Å². The molecule has 0 unspecified atom stereocenters. The normalized spacial score (nSPS) is 11.0. The summed E-state index contributed by atoms with van der Waals surface area (Å²) in [4.78, 5) is 24.1. The van der Waals surface area contributed by atoms with Crippen LogP contribution in [0.25, 0.3) is 11.0 Å². The fourth-order valence-electron chi connectivity index (χ4n) is 3.35. The molecule has 6 heteroatoms. The maximum atomic E-state index is 12.2. The number of hydrogen-bond donors (Lipinski definition) is 0. The SMILES string of the molecule is COc1ccccc1OCCC(=O)OCc1cc(=O)oc2cc(C)c(C(C)C)cc12. The van der Waals surface area contributed by atoms with Gasteiger partial charge in [0.2, 0.25) is 0 Å². The van der Waals surface area contributed by atoms with E-state index in [2.05, 4.69) is 13.8 Å². The highest BCUT2D eigenvalue weighted by atomic mass is 16.5. The molecule has 30 heavy (non-hydrogen) atoms. The van der Waals surface area contributed by atoms with Gasteiger partial charge in [0.05, 0.1) is 20.1 Å². The van der Waals surface area contributed by atoms with Gasteiger partial charge in [0.15, 0.2) is 11.5 Å². The molecule has 1 aromatic heterocycles. The first-order chi connectivity index (χ1) is 14.4. The average Bonchev–Trinajstić information content (AvgIpc) is 2.71. The van der Waals surface area contributed by atoms with Crippen molar-refractivity contribution in [3.8, 4) is 11.5 Å². The molecule has 0 bridgehead atoms. The molecule has 158 valence electrons. The largest absolute Gasteiger partial charge is 0.493 e. The number of esters is 1. The monoisotopic (exact) mass is 410 g/mol. The van der Waals surface area contributed by atoms with Crippen LogP contribution in [0, 0.1) is 6.92 Å². The number of fused-ring (bicyclic) bond motifs is 1. The second-order valence-corrected chi connectivity index (χ2v) is 7.36. The molecule has 1 heterocycles. The maximum Gasteiger partial charge on any atom is 0.336 e. The lowest BCUT2D eigenvalue weighted by atomic mass is 9.95. The fourth-order valence-corrected chi connectivity index (χ4v) is 3.35. The van der Waals surface area contributed by atoms with Gasteiger partial charge in [0, 0.05) is 17.0 Å². The van der Waals surface area contributed by atoms with E-state index in [1.165, 1.54) is 6.07 Å². The summed E-state index contributed by atoms with van der Waals surface area (Å²) < 4.78 is 21.5. The van der Waals surface area contributed by atoms with Crippen molar-refractivity contribution in [3.63, 3.8) is 0 Å². The van der Waals surface area contributed by atoms with E-state index in [4.69, 9.17) is 18.6 Å². The molecule has 0 saturated carbocycles. The Bertz CT molecular complexity index is 1100. The molecule has 0 fully saturated rings. The Morgan fingerprint density at radius 1 is 1.10 bits per heavy atom. The van der Waals surface area contributed by atoms with Gasteiger partial charge in [-0.05, 0) is 48.2 Å². The van der Waals surface area contributed by atoms with Crippen molar-refractivity contribution in [3.05, 3.63) is 69.6 Å². The first-order valence-corrected chi connectivity index (χ1v) is 9.87. The Balaban J connectivity index is 1.66. The Morgan fingerprint density at radius 2 is 1.83 bits per heavy atom. The number of rotatable bonds is 8. The van der Waals surface area contributed by atoms with Gasteiger partial charge in [0.25, 0.3) is 0 Å². The summed E-state index contributed by atoms with van der Waals surface area (Å²) >= 11 is 0. The van der Waals surface area contributed by atoms with Gasteiger partial charge in [-0.25, -0.2) is 4.79 Å². The van der Waals surface area contributed by atoms with Gasteiger partial charge >= 0.3 is 11.6 Å². The number of benzene rings is 2. The Morgan fingerprint density at radius 3 is 2.53 bits per heavy atom. The van der Waals surface area contributed by atoms with Crippen LogP contribution < -0.4 is 15.1 Å². The van der Waals surface area contributed by atoms with Crippen molar-refractivity contribution >= 4 is 16.9 Å². The molecule has 0 aliphatic carbocycles. The summed E-state index contributed by atoms with van der Waals surface area (Å²) in [7, 11) is 1.56. The summed E-state index contributed by atoms with van der Waals surface area (Å²) in [5, 5.41) is 0.780. The number of carbonyl (C=O) groups excluding carboxylic acids is 1. The van der Waals surface area contributed by atoms with Gasteiger partial charge in [-0.3, -0.25) is 4.79 Å². The summed E-state index contributed by atoms with van der Waals surface area (Å²) in [6.07, 6.45) is 0.0772. The van der Waals surface area contributed by atoms with Gasteiger partial charge in [-0.15, -0.1) is 0 Å². The molecule has 0 atom stereocenters. The van der Waals surface area contributed by atoms with Gasteiger partial charge in [-0.1, -0.05) is 26.0 Å². The van der Waals surface area contributed by atoms with E-state index >= 15 is 0 Å². The summed E-state index contributed by atoms with van der Waals surface area (Å²) in [6, 6.07) is 12.5. The zero-order valence-corrected chi connectivity index (χ0v) is 17.7. The third kappa shape index (κ3) is 5.00. The van der Waals surface area contributed by atoms with E-state index in [-0.39, 0.29) is 19.6 Å². The van der Waals surface area contributed by atoms with Crippen LogP contribution in [0.4, 0.5) is 0 Å². The van der Waals surface area contributed by atoms with Crippen molar-refractivity contribution in [2.24, 2.45) is 0 Å². The van der Waals surface area contributed by atoms with Crippen molar-refractivity contribution in [2.45, 2.75) is 39.7 Å². The summed E-state index contributed by atoms with van der Waals surface area (Å²) in [5.41, 5.74) is 2.87. The molecule has 0 saturated heterocycles. The second kappa shape index (κ2) is 9.48. The van der Waals surface area contributed by atoms with Crippen LogP contribution in [0.2, 0.25) is 0 Å². The third-order valence-corrected chi connectivity index (χ3v) is 4.86. The van der Waals surface area contributed by atoms with E-state index in [0.717, 1.165) is 16.5 Å². The Hall–Kier alpha value is -3.28. The van der Waals surface area contributed by atoms with Crippen molar-refractivity contribution in [2.75, 3.05) is 13.7 Å². The van der Waals surface area contributed by atoms with E-state index < -0.39 is 11.6 Å². The minimum absolute atomic E-state index is 0.00378. The van der Waals surface area contributed by atoms with E-state index in [1.54, 1.807) is 19.2 Å². The van der Waals surface area contributed by atoms with Crippen molar-refractivity contribution in [1.29, 1.82) is 0 Å². The molecule has 3 rings (SSSR count). The molecule has 0 amide bonds. The highest BCUT2D eigenvalue weighted by Gasteiger charge is 2.13. The number of hydrogen-bond acceptors (Lipinski definition) is 6. The zero-order valence-electron chi connectivity index (χ0n) is 17.7. The van der Waals surface area contributed by atoms with Crippen LogP contribution in [0.3, 0.4) is 0 Å². The van der Waals surface area contributed by atoms with Crippen LogP contribution in [-0.2, 0) is 16.1 Å². The van der Waals surface area contributed by atoms with E-state index in [0.29, 0.717) is 28.6 Å². The molecule has 0 spiro atoms. The maximum absolute atomic E-state index is 12.2. The quantitative estimate of drug-likeness (QED) is 0.394. The number of carbonyl (C=O) groups is 1. The topological polar surface area (TPSA) is 75.0 Å². The number of aryl methyl sites for hydroxylation is 1. The Kier molecular flexibility index (Phi) is 6.77. The molecule has 0 N–H and O–H groups in total. The molecule has 0 aliphatic heterocycles. The number of methoxy groups -OCH3 is 1. The molecule has 2 aromatic carbocycles. The summed E-state index contributed by atoms with van der Waals surface area (Å²) in [6.45, 7) is 6.36. The molecule has 0 aliphatic rings. The fraction of sp³-hybridized carbons (Fsp3) is 0.333. The molecule has 0 radical (unpaired) electrons. The number of ether oxygens (including phenoxy) is 3. The summed E-state index contributed by atoms with van der Waals surface area (Å²) in [5.74, 6) is 1.08. The lowest BCUT2D eigenvalue weighted by Crippen LogP contribution is -2.11. The average molecular weight is 410 g/mol. The van der Waals surface area contributed by atoms with E-state index in [9.17, 15) is 9.59 Å². The van der Waals surface area contributed by atoms with Crippen LogP contribution in [-0.4, -0.2) is 19.7 Å².